The van der Waals surface area contributed by atoms with Crippen LogP contribution in [0.2, 0.25) is 0 Å². The number of β-amino-alcohol motifs (C(OH)–C–C–N with tert-alkyl or cyclic N) is 1. The van der Waals surface area contributed by atoms with Gasteiger partial charge in [-0.3, -0.25) is 4.90 Å². The van der Waals surface area contributed by atoms with E-state index < -0.39 is 15.6 Å². The average molecular weight is 264 g/mol. The van der Waals surface area contributed by atoms with Crippen LogP contribution >= 0.6 is 0 Å². The van der Waals surface area contributed by atoms with Crippen molar-refractivity contribution in [2.45, 2.75) is 51.0 Å². The molecule has 0 aliphatic carbocycles. The smallest absolute Gasteiger partial charge is 0.216 e. The molecule has 1 rings (SSSR count). The van der Waals surface area contributed by atoms with Crippen LogP contribution in [0.4, 0.5) is 0 Å². The molecular weight excluding hydrogens is 240 g/mol. The zero-order valence-electron chi connectivity index (χ0n) is 11.1. The summed E-state index contributed by atoms with van der Waals surface area (Å²) in [6, 6.07) is -0.0664. The first kappa shape index (κ1) is 14.9. The maximum atomic E-state index is 12.0. The predicted octanol–water partition coefficient (Wildman–Crippen LogP) is 0.159. The van der Waals surface area contributed by atoms with Gasteiger partial charge in [-0.1, -0.05) is 0 Å². The maximum Gasteiger partial charge on any atom is 0.216 e. The summed E-state index contributed by atoms with van der Waals surface area (Å²) >= 11 is 0. The van der Waals surface area contributed by atoms with Gasteiger partial charge in [0.2, 0.25) is 10.0 Å². The van der Waals surface area contributed by atoms with Gasteiger partial charge in [-0.25, -0.2) is 13.1 Å². The van der Waals surface area contributed by atoms with E-state index in [2.05, 4.69) is 4.72 Å². The molecule has 0 amide bonds. The Labute approximate surface area is 104 Å². The first-order valence-corrected chi connectivity index (χ1v) is 7.61. The summed E-state index contributed by atoms with van der Waals surface area (Å²) in [4.78, 5) is 2.00. The van der Waals surface area contributed by atoms with Gasteiger partial charge in [0.1, 0.15) is 0 Å². The molecule has 17 heavy (non-hydrogen) atoms. The summed E-state index contributed by atoms with van der Waals surface area (Å²) < 4.78 is 26.5. The Bertz CT molecular complexity index is 346. The minimum atomic E-state index is -3.22. The number of hydrogen-bond acceptors (Lipinski definition) is 4. The normalized spacial score (nSPS) is 23.5. The lowest BCUT2D eigenvalue weighted by Crippen LogP contribution is -2.42. The van der Waals surface area contributed by atoms with Crippen molar-refractivity contribution in [1.82, 2.24) is 9.62 Å². The summed E-state index contributed by atoms with van der Waals surface area (Å²) in [5.74, 6) is 0. The highest BCUT2D eigenvalue weighted by atomic mass is 32.2. The molecule has 0 radical (unpaired) electrons. The van der Waals surface area contributed by atoms with Gasteiger partial charge in [-0.2, -0.15) is 0 Å². The quantitative estimate of drug-likeness (QED) is 0.742. The topological polar surface area (TPSA) is 69.6 Å². The van der Waals surface area contributed by atoms with Crippen molar-refractivity contribution in [3.8, 4) is 0 Å². The van der Waals surface area contributed by atoms with E-state index in [-0.39, 0.29) is 11.3 Å². The molecule has 5 nitrogen and oxygen atoms in total. The van der Waals surface area contributed by atoms with Crippen LogP contribution < -0.4 is 4.72 Å². The lowest BCUT2D eigenvalue weighted by atomic mass is 10.1. The largest absolute Gasteiger partial charge is 0.389 e. The van der Waals surface area contributed by atoms with Crippen molar-refractivity contribution >= 4 is 10.0 Å². The van der Waals surface area contributed by atoms with Crippen molar-refractivity contribution in [2.24, 2.45) is 0 Å². The van der Waals surface area contributed by atoms with E-state index in [0.29, 0.717) is 19.5 Å². The van der Waals surface area contributed by atoms with E-state index in [1.807, 2.05) is 18.7 Å². The predicted molar refractivity (Wildman–Crippen MR) is 68.3 cm³/mol. The maximum absolute atomic E-state index is 12.0. The SMILES string of the molecule is CC(C)NS(=O)(=O)C1CCN(CC(C)(C)O)C1. The van der Waals surface area contributed by atoms with Gasteiger partial charge in [-0.05, 0) is 40.7 Å². The Balaban J connectivity index is 2.56. The first-order chi connectivity index (χ1) is 7.60. The fourth-order valence-corrected chi connectivity index (χ4v) is 3.84. The highest BCUT2D eigenvalue weighted by Gasteiger charge is 2.34. The van der Waals surface area contributed by atoms with Crippen molar-refractivity contribution in [2.75, 3.05) is 19.6 Å². The fraction of sp³-hybridized carbons (Fsp3) is 1.00. The number of nitrogens with zero attached hydrogens (tertiary/aromatic N) is 1. The number of rotatable bonds is 5. The van der Waals surface area contributed by atoms with Crippen LogP contribution in [0, 0.1) is 0 Å². The molecule has 102 valence electrons. The molecule has 1 heterocycles. The van der Waals surface area contributed by atoms with E-state index in [1.54, 1.807) is 13.8 Å². The third-order valence-corrected chi connectivity index (χ3v) is 4.74. The molecule has 0 bridgehead atoms. The van der Waals surface area contributed by atoms with E-state index in [9.17, 15) is 13.5 Å². The van der Waals surface area contributed by atoms with Crippen LogP contribution in [0.1, 0.15) is 34.1 Å². The lowest BCUT2D eigenvalue weighted by molar-refractivity contribution is 0.0440. The van der Waals surface area contributed by atoms with Crippen LogP contribution in [-0.2, 0) is 10.0 Å². The van der Waals surface area contributed by atoms with Gasteiger partial charge in [0.25, 0.3) is 0 Å². The summed E-state index contributed by atoms with van der Waals surface area (Å²) in [5.41, 5.74) is -0.774. The highest BCUT2D eigenvalue weighted by molar-refractivity contribution is 7.90. The molecule has 0 spiro atoms. The monoisotopic (exact) mass is 264 g/mol. The van der Waals surface area contributed by atoms with Gasteiger partial charge in [-0.15, -0.1) is 0 Å². The molecule has 0 aromatic heterocycles. The molecule has 2 N–H and O–H groups in total. The molecule has 1 fully saturated rings. The second-order valence-electron chi connectivity index (χ2n) is 5.78. The minimum Gasteiger partial charge on any atom is -0.389 e. The van der Waals surface area contributed by atoms with Gasteiger partial charge < -0.3 is 5.11 Å². The summed E-state index contributed by atoms with van der Waals surface area (Å²) in [6.45, 7) is 8.87. The number of aliphatic hydroxyl groups is 1. The van der Waals surface area contributed by atoms with Crippen molar-refractivity contribution < 1.29 is 13.5 Å². The standard InChI is InChI=1S/C11H24N2O3S/c1-9(2)12-17(15,16)10-5-6-13(7-10)8-11(3,4)14/h9-10,12,14H,5-8H2,1-4H3. The summed E-state index contributed by atoms with van der Waals surface area (Å²) in [7, 11) is -3.22. The second-order valence-corrected chi connectivity index (χ2v) is 7.77. The van der Waals surface area contributed by atoms with Gasteiger partial charge in [0.05, 0.1) is 10.9 Å². The number of nitrogens with one attached hydrogen (secondary N) is 1. The molecule has 0 aromatic rings. The Kier molecular flexibility index (Phi) is 4.57. The zero-order valence-corrected chi connectivity index (χ0v) is 11.9. The number of sulfonamides is 1. The summed E-state index contributed by atoms with van der Waals surface area (Å²) in [5, 5.41) is 9.35. The highest BCUT2D eigenvalue weighted by Crippen LogP contribution is 2.18. The van der Waals surface area contributed by atoms with Crippen LogP contribution in [0.3, 0.4) is 0 Å². The second kappa shape index (κ2) is 5.22. The molecule has 1 saturated heterocycles. The van der Waals surface area contributed by atoms with Crippen LogP contribution in [0.25, 0.3) is 0 Å². The summed E-state index contributed by atoms with van der Waals surface area (Å²) in [6.07, 6.45) is 0.637. The Morgan fingerprint density at radius 2 is 2.06 bits per heavy atom. The van der Waals surface area contributed by atoms with Crippen molar-refractivity contribution in [3.05, 3.63) is 0 Å². The third-order valence-electron chi connectivity index (χ3n) is 2.68. The molecule has 1 atom stereocenters. The molecule has 0 saturated carbocycles. The van der Waals surface area contributed by atoms with Gasteiger partial charge >= 0.3 is 0 Å². The average Bonchev–Trinajstić information content (AvgIpc) is 2.46. The van der Waals surface area contributed by atoms with Gasteiger partial charge in [0, 0.05) is 19.1 Å². The molecule has 6 heteroatoms. The Hall–Kier alpha value is -0.170. The Morgan fingerprint density at radius 1 is 1.47 bits per heavy atom. The lowest BCUT2D eigenvalue weighted by Gasteiger charge is -2.25. The van der Waals surface area contributed by atoms with Crippen LogP contribution in [-0.4, -0.2) is 55.0 Å². The molecule has 1 aliphatic heterocycles. The molecular formula is C11H24N2O3S. The van der Waals surface area contributed by atoms with E-state index in [1.165, 1.54) is 0 Å². The number of likely N-dealkylation sites (tertiary alicyclic amines) is 1. The Morgan fingerprint density at radius 3 is 2.53 bits per heavy atom. The first-order valence-electron chi connectivity index (χ1n) is 6.06. The van der Waals surface area contributed by atoms with Crippen LogP contribution in [0.5, 0.6) is 0 Å². The van der Waals surface area contributed by atoms with E-state index in [4.69, 9.17) is 0 Å². The van der Waals surface area contributed by atoms with Crippen molar-refractivity contribution in [3.63, 3.8) is 0 Å². The number of hydrogen-bond donors (Lipinski definition) is 2. The minimum absolute atomic E-state index is 0.0664. The molecule has 0 aromatic carbocycles. The molecule has 1 aliphatic rings. The van der Waals surface area contributed by atoms with Crippen molar-refractivity contribution in [1.29, 1.82) is 0 Å². The zero-order chi connectivity index (χ0) is 13.3. The van der Waals surface area contributed by atoms with Crippen LogP contribution in [0.15, 0.2) is 0 Å². The fourth-order valence-electron chi connectivity index (χ4n) is 2.17. The van der Waals surface area contributed by atoms with E-state index in [0.717, 1.165) is 6.54 Å². The van der Waals surface area contributed by atoms with Gasteiger partial charge in [0.15, 0.2) is 0 Å². The molecule has 1 unspecified atom stereocenters. The third kappa shape index (κ3) is 4.91. The van der Waals surface area contributed by atoms with E-state index >= 15 is 0 Å².